The van der Waals surface area contributed by atoms with Crippen LogP contribution in [0, 0.1) is 18.6 Å². The molecule has 0 bridgehead atoms. The number of benzene rings is 2. The number of rotatable bonds is 6. The number of primary amides is 1. The van der Waals surface area contributed by atoms with Crippen molar-refractivity contribution in [2.75, 3.05) is 18.9 Å². The van der Waals surface area contributed by atoms with Crippen LogP contribution in [-0.4, -0.2) is 34.8 Å². The molecule has 5 N–H and O–H groups in total. The molecule has 1 aromatic heterocycles. The predicted molar refractivity (Wildman–Crippen MR) is 122 cm³/mol. The van der Waals surface area contributed by atoms with Gasteiger partial charge in [0.1, 0.15) is 28.7 Å². The largest absolute Gasteiger partial charge is 0.383 e. The highest BCUT2D eigenvalue weighted by Gasteiger charge is 2.27. The zero-order valence-corrected chi connectivity index (χ0v) is 18.6. The van der Waals surface area contributed by atoms with Crippen molar-refractivity contribution < 1.29 is 23.1 Å². The number of hydrogen-bond donors (Lipinski definition) is 3. The third-order valence-electron chi connectivity index (χ3n) is 5.92. The van der Waals surface area contributed by atoms with Crippen molar-refractivity contribution in [2.45, 2.75) is 32.4 Å². The number of amides is 2. The molecule has 2 heterocycles. The maximum Gasteiger partial charge on any atom is 0.254 e. The van der Waals surface area contributed by atoms with Gasteiger partial charge in [0.15, 0.2) is 0 Å². The third kappa shape index (κ3) is 4.62. The maximum atomic E-state index is 15.1. The van der Waals surface area contributed by atoms with Crippen LogP contribution in [0.5, 0.6) is 0 Å². The summed E-state index contributed by atoms with van der Waals surface area (Å²) in [7, 11) is 0. The molecule has 1 aliphatic heterocycles. The van der Waals surface area contributed by atoms with Gasteiger partial charge in [0, 0.05) is 30.9 Å². The van der Waals surface area contributed by atoms with Gasteiger partial charge in [-0.15, -0.1) is 0 Å². The minimum absolute atomic E-state index is 0.0211. The minimum Gasteiger partial charge on any atom is -0.383 e. The van der Waals surface area contributed by atoms with Crippen LogP contribution in [0.2, 0.25) is 0 Å². The molecule has 10 heteroatoms. The lowest BCUT2D eigenvalue weighted by molar-refractivity contribution is 0.0669. The highest BCUT2D eigenvalue weighted by Crippen LogP contribution is 2.33. The molecule has 0 saturated carbocycles. The fraction of sp³-hybridized carbons (Fsp3) is 0.292. The first-order valence-electron chi connectivity index (χ1n) is 10.8. The normalized spacial score (nSPS) is 14.2. The number of aryl methyl sites for hydroxylation is 1. The zero-order valence-electron chi connectivity index (χ0n) is 18.6. The van der Waals surface area contributed by atoms with Crippen molar-refractivity contribution in [2.24, 2.45) is 5.73 Å². The summed E-state index contributed by atoms with van der Waals surface area (Å²) in [5.41, 5.74) is 13.1. The summed E-state index contributed by atoms with van der Waals surface area (Å²) in [6.07, 6.45) is 1.32. The first-order valence-corrected chi connectivity index (χ1v) is 10.8. The monoisotopic (exact) mass is 469 g/mol. The number of halogens is 2. The van der Waals surface area contributed by atoms with Crippen molar-refractivity contribution in [1.82, 2.24) is 15.1 Å². The van der Waals surface area contributed by atoms with Gasteiger partial charge in [-0.3, -0.25) is 9.59 Å². The van der Waals surface area contributed by atoms with Gasteiger partial charge in [-0.25, -0.2) is 13.5 Å². The van der Waals surface area contributed by atoms with E-state index in [1.54, 1.807) is 13.0 Å². The van der Waals surface area contributed by atoms with Gasteiger partial charge >= 0.3 is 0 Å². The molecule has 1 saturated heterocycles. The molecule has 2 aromatic carbocycles. The Morgan fingerprint density at radius 2 is 1.91 bits per heavy atom. The Kier molecular flexibility index (Phi) is 6.60. The average molecular weight is 469 g/mol. The number of carbonyl (C=O) groups excluding carboxylic acids is 2. The molecule has 0 unspecified atom stereocenters. The quantitative estimate of drug-likeness (QED) is 0.512. The van der Waals surface area contributed by atoms with E-state index in [0.29, 0.717) is 37.2 Å². The van der Waals surface area contributed by atoms with Crippen LogP contribution in [-0.2, 0) is 11.3 Å². The van der Waals surface area contributed by atoms with Crippen LogP contribution in [0.3, 0.4) is 0 Å². The Hall–Kier alpha value is -3.79. The number of hydrogen-bond acceptors (Lipinski definition) is 5. The lowest BCUT2D eigenvalue weighted by atomic mass is 10.0. The molecule has 1 aliphatic rings. The first kappa shape index (κ1) is 23.4. The summed E-state index contributed by atoms with van der Waals surface area (Å²) in [5, 5.41) is 7.09. The van der Waals surface area contributed by atoms with E-state index in [4.69, 9.17) is 16.2 Å². The summed E-state index contributed by atoms with van der Waals surface area (Å²) in [6.45, 7) is 2.79. The van der Waals surface area contributed by atoms with Gasteiger partial charge < -0.3 is 21.5 Å². The minimum atomic E-state index is -0.799. The van der Waals surface area contributed by atoms with E-state index >= 15 is 4.39 Å². The van der Waals surface area contributed by atoms with Crippen LogP contribution in [0.15, 0.2) is 36.4 Å². The summed E-state index contributed by atoms with van der Waals surface area (Å²) in [6, 6.07) is 8.17. The van der Waals surface area contributed by atoms with Crippen LogP contribution < -0.4 is 16.8 Å². The number of carbonyl (C=O) groups is 2. The molecule has 0 radical (unpaired) electrons. The van der Waals surface area contributed by atoms with Gasteiger partial charge in [-0.1, -0.05) is 12.1 Å². The molecule has 0 spiro atoms. The molecule has 2 amide bonds. The molecular formula is C24H25F2N5O3. The van der Waals surface area contributed by atoms with E-state index in [2.05, 4.69) is 10.4 Å². The third-order valence-corrected chi connectivity index (χ3v) is 5.92. The Morgan fingerprint density at radius 1 is 1.18 bits per heavy atom. The summed E-state index contributed by atoms with van der Waals surface area (Å²) >= 11 is 0. The molecule has 0 aliphatic carbocycles. The molecule has 4 rings (SSSR count). The van der Waals surface area contributed by atoms with Crippen molar-refractivity contribution in [3.05, 3.63) is 70.3 Å². The van der Waals surface area contributed by atoms with Crippen LogP contribution >= 0.6 is 0 Å². The molecule has 178 valence electrons. The van der Waals surface area contributed by atoms with E-state index < -0.39 is 23.4 Å². The van der Waals surface area contributed by atoms with Gasteiger partial charge in [0.25, 0.3) is 11.8 Å². The van der Waals surface area contributed by atoms with Gasteiger partial charge in [-0.2, -0.15) is 5.10 Å². The van der Waals surface area contributed by atoms with E-state index in [-0.39, 0.29) is 40.8 Å². The standard InChI is InChI=1S/C24H25F2N5O3/c1-13-2-4-15(25)11-18(13)24(33)29-12-14-3-5-17(19(26)10-14)21-20(23(28)32)22(27)31(30-21)16-6-8-34-9-7-16/h2-5,10-11,16H,6-9,12,27H2,1H3,(H2,28,32)(H,29,33). The van der Waals surface area contributed by atoms with E-state index in [1.807, 2.05) is 0 Å². The SMILES string of the molecule is Cc1ccc(F)cc1C(=O)NCc1ccc(-c2nn(C3CCOCC3)c(N)c2C(N)=O)c(F)c1. The average Bonchev–Trinajstić information content (AvgIpc) is 3.16. The van der Waals surface area contributed by atoms with Crippen molar-refractivity contribution in [3.63, 3.8) is 0 Å². The summed E-state index contributed by atoms with van der Waals surface area (Å²) in [5.74, 6) is -2.34. The summed E-state index contributed by atoms with van der Waals surface area (Å²) in [4.78, 5) is 24.5. The number of nitrogens with zero attached hydrogens (tertiary/aromatic N) is 2. The number of nitrogens with one attached hydrogen (secondary N) is 1. The lowest BCUT2D eigenvalue weighted by Gasteiger charge is -2.23. The Bertz CT molecular complexity index is 1250. The topological polar surface area (TPSA) is 125 Å². The van der Waals surface area contributed by atoms with Gasteiger partial charge in [-0.05, 0) is 55.2 Å². The van der Waals surface area contributed by atoms with Crippen LogP contribution in [0.25, 0.3) is 11.3 Å². The number of ether oxygens (including phenoxy) is 1. The molecule has 1 fully saturated rings. The zero-order chi connectivity index (χ0) is 24.4. The van der Waals surface area contributed by atoms with E-state index in [0.717, 1.165) is 6.07 Å². The molecule has 8 nitrogen and oxygen atoms in total. The second-order valence-electron chi connectivity index (χ2n) is 8.22. The number of aromatic nitrogens is 2. The van der Waals surface area contributed by atoms with E-state index in [1.165, 1.54) is 28.9 Å². The van der Waals surface area contributed by atoms with Crippen molar-refractivity contribution in [3.8, 4) is 11.3 Å². The number of nitrogen functional groups attached to an aromatic ring is 1. The van der Waals surface area contributed by atoms with Crippen molar-refractivity contribution >= 4 is 17.6 Å². The van der Waals surface area contributed by atoms with Crippen LogP contribution in [0.4, 0.5) is 14.6 Å². The Labute approximate surface area is 194 Å². The summed E-state index contributed by atoms with van der Waals surface area (Å²) < 4.78 is 35.5. The second-order valence-corrected chi connectivity index (χ2v) is 8.22. The maximum absolute atomic E-state index is 15.1. The van der Waals surface area contributed by atoms with Crippen molar-refractivity contribution in [1.29, 1.82) is 0 Å². The van der Waals surface area contributed by atoms with Gasteiger partial charge in [0.2, 0.25) is 0 Å². The lowest BCUT2D eigenvalue weighted by Crippen LogP contribution is -2.23. The Morgan fingerprint density at radius 3 is 2.59 bits per heavy atom. The highest BCUT2D eigenvalue weighted by molar-refractivity contribution is 6.03. The second kappa shape index (κ2) is 9.60. The molecule has 0 atom stereocenters. The number of nitrogens with two attached hydrogens (primary N) is 2. The predicted octanol–water partition coefficient (Wildman–Crippen LogP) is 3.10. The smallest absolute Gasteiger partial charge is 0.254 e. The van der Waals surface area contributed by atoms with E-state index in [9.17, 15) is 14.0 Å². The van der Waals surface area contributed by atoms with Gasteiger partial charge in [0.05, 0.1) is 6.04 Å². The fourth-order valence-corrected chi connectivity index (χ4v) is 4.06. The number of anilines is 1. The first-order chi connectivity index (χ1) is 16.3. The van der Waals surface area contributed by atoms with Crippen LogP contribution in [0.1, 0.15) is 50.7 Å². The highest BCUT2D eigenvalue weighted by atomic mass is 19.1. The molecule has 34 heavy (non-hydrogen) atoms. The molecular weight excluding hydrogens is 444 g/mol. The fourth-order valence-electron chi connectivity index (χ4n) is 4.06. The molecule has 3 aromatic rings. The Balaban J connectivity index is 1.58.